The summed E-state index contributed by atoms with van der Waals surface area (Å²) >= 11 is 0. The van der Waals surface area contributed by atoms with Crippen LogP contribution in [0.25, 0.3) is 0 Å². The summed E-state index contributed by atoms with van der Waals surface area (Å²) in [4.78, 5) is 37.8. The van der Waals surface area contributed by atoms with Gasteiger partial charge in [-0.25, -0.2) is 0 Å². The van der Waals surface area contributed by atoms with Crippen molar-refractivity contribution >= 4 is 23.5 Å². The first-order chi connectivity index (χ1) is 12.0. The number of amides is 2. The third kappa shape index (κ3) is 3.67. The van der Waals surface area contributed by atoms with Gasteiger partial charge >= 0.3 is 5.97 Å². The topological polar surface area (TPSA) is 86.7 Å². The minimum Gasteiger partial charge on any atom is -0.481 e. The molecule has 1 aromatic rings. The molecule has 0 saturated heterocycles. The van der Waals surface area contributed by atoms with E-state index in [1.54, 1.807) is 0 Å². The molecule has 0 bridgehead atoms. The summed E-state index contributed by atoms with van der Waals surface area (Å²) in [7, 11) is 0. The molecule has 1 fully saturated rings. The number of carboxylic acids is 1. The summed E-state index contributed by atoms with van der Waals surface area (Å²) in [5.74, 6) is -1.22. The molecule has 0 radical (unpaired) electrons. The van der Waals surface area contributed by atoms with E-state index in [1.165, 1.54) is 4.90 Å². The van der Waals surface area contributed by atoms with E-state index in [1.807, 2.05) is 24.3 Å². The lowest BCUT2D eigenvalue weighted by molar-refractivity contribution is -0.151. The van der Waals surface area contributed by atoms with Crippen molar-refractivity contribution in [1.29, 1.82) is 0 Å². The van der Waals surface area contributed by atoms with Crippen molar-refractivity contribution in [2.75, 3.05) is 18.0 Å². The summed E-state index contributed by atoms with van der Waals surface area (Å²) in [6, 6.07) is 7.59. The molecule has 2 N–H and O–H groups in total. The highest BCUT2D eigenvalue weighted by molar-refractivity contribution is 6.01. The standard InChI is InChI=1S/C19H24N2O4/c22-16(20-13-19(18(24)25)10-4-1-5-11-19)12-21-15-7-3-2-6-14(15)8-9-17(21)23/h2-3,6-7H,1,4-5,8-13H2,(H,20,22)(H,24,25). The van der Waals surface area contributed by atoms with E-state index in [0.29, 0.717) is 25.7 Å². The molecular formula is C19H24N2O4. The molecule has 0 atom stereocenters. The summed E-state index contributed by atoms with van der Waals surface area (Å²) in [6.45, 7) is 0.0659. The fourth-order valence-electron chi connectivity index (χ4n) is 3.83. The van der Waals surface area contributed by atoms with Gasteiger partial charge in [-0.05, 0) is 30.9 Å². The van der Waals surface area contributed by atoms with Crippen molar-refractivity contribution in [3.8, 4) is 0 Å². The van der Waals surface area contributed by atoms with Crippen molar-refractivity contribution in [3.63, 3.8) is 0 Å². The van der Waals surface area contributed by atoms with Crippen LogP contribution in [0.3, 0.4) is 0 Å². The normalized spacial score (nSPS) is 19.2. The third-order valence-electron chi connectivity index (χ3n) is 5.38. The number of rotatable bonds is 5. The van der Waals surface area contributed by atoms with E-state index in [0.717, 1.165) is 30.5 Å². The largest absolute Gasteiger partial charge is 0.481 e. The van der Waals surface area contributed by atoms with Crippen LogP contribution in [-0.4, -0.2) is 36.0 Å². The van der Waals surface area contributed by atoms with Crippen LogP contribution in [0.1, 0.15) is 44.1 Å². The number of aryl methyl sites for hydroxylation is 1. The van der Waals surface area contributed by atoms with Crippen LogP contribution in [0.5, 0.6) is 0 Å². The van der Waals surface area contributed by atoms with E-state index >= 15 is 0 Å². The number of carboxylic acid groups (broad SMARTS) is 1. The van der Waals surface area contributed by atoms with Crippen LogP contribution in [-0.2, 0) is 20.8 Å². The maximum Gasteiger partial charge on any atom is 0.311 e. The molecule has 1 aliphatic carbocycles. The van der Waals surface area contributed by atoms with Crippen LogP contribution in [0, 0.1) is 5.41 Å². The molecule has 1 heterocycles. The van der Waals surface area contributed by atoms with Crippen molar-refractivity contribution < 1.29 is 19.5 Å². The van der Waals surface area contributed by atoms with E-state index < -0.39 is 11.4 Å². The Bertz CT molecular complexity index is 680. The zero-order chi connectivity index (χ0) is 17.9. The second kappa shape index (κ2) is 7.25. The van der Waals surface area contributed by atoms with Crippen molar-refractivity contribution in [1.82, 2.24) is 5.32 Å². The predicted octanol–water partition coefficient (Wildman–Crippen LogP) is 2.12. The Morgan fingerprint density at radius 3 is 2.56 bits per heavy atom. The zero-order valence-electron chi connectivity index (χ0n) is 14.3. The highest BCUT2D eigenvalue weighted by Gasteiger charge is 2.40. The van der Waals surface area contributed by atoms with Gasteiger partial charge in [0.1, 0.15) is 6.54 Å². The first kappa shape index (κ1) is 17.5. The van der Waals surface area contributed by atoms with Crippen LogP contribution >= 0.6 is 0 Å². The fourth-order valence-corrected chi connectivity index (χ4v) is 3.83. The maximum atomic E-state index is 12.4. The fraction of sp³-hybridized carbons (Fsp3) is 0.526. The number of nitrogens with zero attached hydrogens (tertiary/aromatic N) is 1. The number of nitrogens with one attached hydrogen (secondary N) is 1. The van der Waals surface area contributed by atoms with Crippen LogP contribution in [0.4, 0.5) is 5.69 Å². The summed E-state index contributed by atoms with van der Waals surface area (Å²) in [6.07, 6.45) is 5.06. The van der Waals surface area contributed by atoms with Crippen LogP contribution in [0.2, 0.25) is 0 Å². The van der Waals surface area contributed by atoms with Gasteiger partial charge in [0.25, 0.3) is 0 Å². The number of anilines is 1. The predicted molar refractivity (Wildman–Crippen MR) is 93.3 cm³/mol. The molecule has 1 saturated carbocycles. The number of hydrogen-bond donors (Lipinski definition) is 2. The Balaban J connectivity index is 1.64. The SMILES string of the molecule is O=C(CN1C(=O)CCc2ccccc21)NCC1(C(=O)O)CCCCC1. The summed E-state index contributed by atoms with van der Waals surface area (Å²) < 4.78 is 0. The highest BCUT2D eigenvalue weighted by Crippen LogP contribution is 2.36. The van der Waals surface area contributed by atoms with E-state index in [2.05, 4.69) is 5.32 Å². The molecule has 0 spiro atoms. The molecule has 134 valence electrons. The highest BCUT2D eigenvalue weighted by atomic mass is 16.4. The number of benzene rings is 1. The van der Waals surface area contributed by atoms with Gasteiger partial charge in [-0.3, -0.25) is 14.4 Å². The molecule has 3 rings (SSSR count). The Morgan fingerprint density at radius 2 is 1.84 bits per heavy atom. The zero-order valence-corrected chi connectivity index (χ0v) is 14.3. The molecule has 0 aromatic heterocycles. The van der Waals surface area contributed by atoms with Gasteiger partial charge in [-0.15, -0.1) is 0 Å². The van der Waals surface area contributed by atoms with Gasteiger partial charge < -0.3 is 15.3 Å². The monoisotopic (exact) mass is 344 g/mol. The molecule has 25 heavy (non-hydrogen) atoms. The van der Waals surface area contributed by atoms with Gasteiger partial charge in [0.15, 0.2) is 0 Å². The van der Waals surface area contributed by atoms with E-state index in [9.17, 15) is 19.5 Å². The quantitative estimate of drug-likeness (QED) is 0.856. The van der Waals surface area contributed by atoms with Crippen molar-refractivity contribution in [2.24, 2.45) is 5.41 Å². The van der Waals surface area contributed by atoms with Crippen molar-refractivity contribution in [3.05, 3.63) is 29.8 Å². The van der Waals surface area contributed by atoms with Gasteiger partial charge in [0.05, 0.1) is 5.41 Å². The molecule has 2 aliphatic rings. The lowest BCUT2D eigenvalue weighted by atomic mass is 9.74. The molecule has 1 aliphatic heterocycles. The van der Waals surface area contributed by atoms with Crippen LogP contribution < -0.4 is 10.2 Å². The van der Waals surface area contributed by atoms with Gasteiger partial charge in [0.2, 0.25) is 11.8 Å². The van der Waals surface area contributed by atoms with Gasteiger partial charge in [0, 0.05) is 18.7 Å². The first-order valence-electron chi connectivity index (χ1n) is 8.90. The Morgan fingerprint density at radius 1 is 1.12 bits per heavy atom. The summed E-state index contributed by atoms with van der Waals surface area (Å²) in [5.41, 5.74) is 0.973. The minimum atomic E-state index is -0.863. The lowest BCUT2D eigenvalue weighted by Crippen LogP contribution is -2.48. The van der Waals surface area contributed by atoms with E-state index in [4.69, 9.17) is 0 Å². The number of aliphatic carboxylic acids is 1. The Kier molecular flexibility index (Phi) is 5.06. The molecule has 6 nitrogen and oxygen atoms in total. The average molecular weight is 344 g/mol. The second-order valence-corrected chi connectivity index (χ2v) is 7.03. The Hall–Kier alpha value is -2.37. The number of fused-ring (bicyclic) bond motifs is 1. The smallest absolute Gasteiger partial charge is 0.311 e. The molecule has 1 aromatic carbocycles. The molecular weight excluding hydrogens is 320 g/mol. The molecule has 0 unspecified atom stereocenters. The Labute approximate surface area is 147 Å². The van der Waals surface area contributed by atoms with E-state index in [-0.39, 0.29) is 24.9 Å². The lowest BCUT2D eigenvalue weighted by Gasteiger charge is -2.34. The molecule has 2 amide bonds. The maximum absolute atomic E-state index is 12.4. The van der Waals surface area contributed by atoms with Gasteiger partial charge in [-0.2, -0.15) is 0 Å². The molecule has 6 heteroatoms. The number of carbonyl (C=O) groups is 3. The number of hydrogen-bond acceptors (Lipinski definition) is 3. The third-order valence-corrected chi connectivity index (χ3v) is 5.38. The second-order valence-electron chi connectivity index (χ2n) is 7.03. The minimum absolute atomic E-state index is 0.0639. The van der Waals surface area contributed by atoms with Crippen molar-refractivity contribution in [2.45, 2.75) is 44.9 Å². The number of carbonyl (C=O) groups excluding carboxylic acids is 2. The first-order valence-corrected chi connectivity index (χ1v) is 8.90. The van der Waals surface area contributed by atoms with Crippen LogP contribution in [0.15, 0.2) is 24.3 Å². The van der Waals surface area contributed by atoms with Gasteiger partial charge in [-0.1, -0.05) is 37.5 Å². The summed E-state index contributed by atoms with van der Waals surface area (Å²) in [5, 5.41) is 12.3. The number of para-hydroxylation sites is 1. The average Bonchev–Trinajstić information content (AvgIpc) is 2.63.